The monoisotopic (exact) mass is 460 g/mol. The van der Waals surface area contributed by atoms with Crippen molar-refractivity contribution >= 4 is 47.0 Å². The molecule has 1 aromatic carbocycles. The zero-order valence-electron chi connectivity index (χ0n) is 13.7. The predicted octanol–water partition coefficient (Wildman–Crippen LogP) is 3.47. The molecule has 3 N–H and O–H groups in total. The van der Waals surface area contributed by atoms with Crippen LogP contribution in [0.2, 0.25) is 0 Å². The molecule has 0 spiro atoms. The number of ether oxygens (including phenoxy) is 2. The van der Waals surface area contributed by atoms with Crippen LogP contribution in [0.3, 0.4) is 0 Å². The van der Waals surface area contributed by atoms with Crippen molar-refractivity contribution in [3.63, 3.8) is 0 Å². The van der Waals surface area contributed by atoms with E-state index >= 15 is 0 Å². The normalized spacial score (nSPS) is 13.8. The van der Waals surface area contributed by atoms with Gasteiger partial charge in [0.1, 0.15) is 5.01 Å². The van der Waals surface area contributed by atoms with Gasteiger partial charge in [-0.05, 0) is 26.0 Å². The summed E-state index contributed by atoms with van der Waals surface area (Å²) in [5.74, 6) is 1.84. The van der Waals surface area contributed by atoms with Gasteiger partial charge in [0.05, 0.1) is 25.5 Å². The van der Waals surface area contributed by atoms with E-state index in [1.54, 1.807) is 11.3 Å². The van der Waals surface area contributed by atoms with E-state index in [9.17, 15) is 0 Å². The molecule has 2 heterocycles. The molecule has 0 aliphatic carbocycles. The molecule has 6 nitrogen and oxygen atoms in total. The Kier molecular flexibility index (Phi) is 6.67. The van der Waals surface area contributed by atoms with Gasteiger partial charge in [-0.15, -0.1) is 35.3 Å². The summed E-state index contributed by atoms with van der Waals surface area (Å²) in [5, 5.41) is 4.03. The molecule has 0 fully saturated rings. The summed E-state index contributed by atoms with van der Waals surface area (Å²) in [6, 6.07) is 5.65. The molecule has 0 saturated carbocycles. The van der Waals surface area contributed by atoms with Crippen LogP contribution in [0.15, 0.2) is 23.2 Å². The molecule has 2 aromatic rings. The first-order valence-corrected chi connectivity index (χ1v) is 8.33. The maximum absolute atomic E-state index is 5.95. The number of thiazole rings is 1. The number of guanidine groups is 1. The summed E-state index contributed by atoms with van der Waals surface area (Å²) in [5.41, 5.74) is 7.82. The first-order chi connectivity index (χ1) is 11.1. The second-order valence-electron chi connectivity index (χ2n) is 5.29. The van der Waals surface area contributed by atoms with E-state index < -0.39 is 0 Å². The van der Waals surface area contributed by atoms with Gasteiger partial charge in [-0.25, -0.2) is 9.98 Å². The molecule has 1 aliphatic rings. The van der Waals surface area contributed by atoms with Gasteiger partial charge in [0.15, 0.2) is 17.5 Å². The molecular formula is C16H21IN4O2S. The molecule has 0 unspecified atom stereocenters. The van der Waals surface area contributed by atoms with E-state index in [0.717, 1.165) is 34.3 Å². The number of rotatable bonds is 3. The number of hydrogen-bond donors (Lipinski definition) is 2. The summed E-state index contributed by atoms with van der Waals surface area (Å²) in [7, 11) is 0. The first-order valence-electron chi connectivity index (χ1n) is 7.51. The largest absolute Gasteiger partial charge is 0.490 e. The summed E-state index contributed by atoms with van der Waals surface area (Å²) in [4.78, 5) is 10.00. The molecule has 1 aromatic heterocycles. The minimum atomic E-state index is 0. The number of aryl methyl sites for hydroxylation is 2. The van der Waals surface area contributed by atoms with Gasteiger partial charge in [0.2, 0.25) is 0 Å². The van der Waals surface area contributed by atoms with Gasteiger partial charge in [-0.2, -0.15) is 0 Å². The van der Waals surface area contributed by atoms with Crippen molar-refractivity contribution in [3.8, 4) is 11.5 Å². The van der Waals surface area contributed by atoms with Crippen LogP contribution in [0.1, 0.15) is 22.0 Å². The summed E-state index contributed by atoms with van der Waals surface area (Å²) >= 11 is 1.65. The Labute approximate surface area is 162 Å². The first kappa shape index (κ1) is 18.8. The van der Waals surface area contributed by atoms with E-state index in [-0.39, 0.29) is 24.0 Å². The number of nitrogens with one attached hydrogen (secondary N) is 1. The highest BCUT2D eigenvalue weighted by atomic mass is 127. The van der Waals surface area contributed by atoms with Crippen LogP contribution < -0.4 is 20.5 Å². The lowest BCUT2D eigenvalue weighted by Crippen LogP contribution is -2.22. The minimum absolute atomic E-state index is 0. The fourth-order valence-corrected chi connectivity index (χ4v) is 3.05. The molecule has 8 heteroatoms. The Balaban J connectivity index is 0.00000208. The van der Waals surface area contributed by atoms with E-state index in [1.807, 2.05) is 25.1 Å². The Morgan fingerprint density at radius 2 is 2.04 bits per heavy atom. The zero-order chi connectivity index (χ0) is 16.2. The number of benzene rings is 1. The van der Waals surface area contributed by atoms with Crippen LogP contribution in [-0.2, 0) is 6.54 Å². The Morgan fingerprint density at radius 3 is 2.75 bits per heavy atom. The molecule has 1 aliphatic heterocycles. The predicted molar refractivity (Wildman–Crippen MR) is 108 cm³/mol. The van der Waals surface area contributed by atoms with Crippen LogP contribution in [-0.4, -0.2) is 24.2 Å². The van der Waals surface area contributed by atoms with Crippen LogP contribution in [0.25, 0.3) is 0 Å². The molecule has 0 bridgehead atoms. The number of aromatic nitrogens is 1. The molecule has 24 heavy (non-hydrogen) atoms. The molecule has 0 atom stereocenters. The highest BCUT2D eigenvalue weighted by Crippen LogP contribution is 2.32. The number of hydrogen-bond acceptors (Lipinski definition) is 5. The average Bonchev–Trinajstić information content (AvgIpc) is 2.73. The molecular weight excluding hydrogens is 439 g/mol. The zero-order valence-corrected chi connectivity index (χ0v) is 16.8. The third kappa shape index (κ3) is 4.73. The van der Waals surface area contributed by atoms with Crippen molar-refractivity contribution in [2.75, 3.05) is 18.5 Å². The van der Waals surface area contributed by atoms with Gasteiger partial charge < -0.3 is 20.5 Å². The van der Waals surface area contributed by atoms with Crippen molar-refractivity contribution in [2.24, 2.45) is 10.7 Å². The molecule has 130 valence electrons. The topological polar surface area (TPSA) is 81.8 Å². The van der Waals surface area contributed by atoms with Gasteiger partial charge >= 0.3 is 0 Å². The SMILES string of the molecule is Cc1nc(CN=C(N)Nc2ccc3c(c2)OCCCO3)sc1C.I. The smallest absolute Gasteiger partial charge is 0.193 e. The molecule has 0 radical (unpaired) electrons. The Morgan fingerprint density at radius 1 is 1.29 bits per heavy atom. The van der Waals surface area contributed by atoms with Crippen LogP contribution in [0.4, 0.5) is 5.69 Å². The quantitative estimate of drug-likeness (QED) is 0.417. The Hall–Kier alpha value is -1.55. The Bertz CT molecular complexity index is 713. The van der Waals surface area contributed by atoms with Gasteiger partial charge in [-0.1, -0.05) is 0 Å². The highest BCUT2D eigenvalue weighted by Gasteiger charge is 2.11. The van der Waals surface area contributed by atoms with E-state index in [1.165, 1.54) is 4.88 Å². The second-order valence-corrected chi connectivity index (χ2v) is 6.58. The fraction of sp³-hybridized carbons (Fsp3) is 0.375. The fourth-order valence-electron chi connectivity index (χ4n) is 2.19. The molecule has 0 saturated heterocycles. The van der Waals surface area contributed by atoms with Crippen molar-refractivity contribution in [1.82, 2.24) is 4.98 Å². The van der Waals surface area contributed by atoms with Crippen LogP contribution in [0, 0.1) is 13.8 Å². The number of anilines is 1. The lowest BCUT2D eigenvalue weighted by atomic mass is 10.3. The molecule has 0 amide bonds. The minimum Gasteiger partial charge on any atom is -0.490 e. The van der Waals surface area contributed by atoms with Crippen molar-refractivity contribution in [1.29, 1.82) is 0 Å². The van der Waals surface area contributed by atoms with Gasteiger partial charge in [0.25, 0.3) is 0 Å². The number of nitrogens with zero attached hydrogens (tertiary/aromatic N) is 2. The van der Waals surface area contributed by atoms with Crippen molar-refractivity contribution < 1.29 is 9.47 Å². The third-order valence-corrected chi connectivity index (χ3v) is 4.54. The van der Waals surface area contributed by atoms with Crippen LogP contribution >= 0.6 is 35.3 Å². The highest BCUT2D eigenvalue weighted by molar-refractivity contribution is 14.0. The van der Waals surface area contributed by atoms with E-state index in [4.69, 9.17) is 15.2 Å². The van der Waals surface area contributed by atoms with Crippen molar-refractivity contribution in [2.45, 2.75) is 26.8 Å². The third-order valence-electron chi connectivity index (χ3n) is 3.48. The maximum Gasteiger partial charge on any atom is 0.193 e. The lowest BCUT2D eigenvalue weighted by molar-refractivity contribution is 0.297. The lowest BCUT2D eigenvalue weighted by Gasteiger charge is -2.10. The summed E-state index contributed by atoms with van der Waals surface area (Å²) < 4.78 is 11.3. The number of halogens is 1. The van der Waals surface area contributed by atoms with Crippen LogP contribution in [0.5, 0.6) is 11.5 Å². The maximum atomic E-state index is 5.95. The number of nitrogens with two attached hydrogens (primary N) is 1. The summed E-state index contributed by atoms with van der Waals surface area (Å²) in [6.45, 7) is 5.86. The average molecular weight is 460 g/mol. The number of aliphatic imine (C=N–C) groups is 1. The summed E-state index contributed by atoms with van der Waals surface area (Å²) in [6.07, 6.45) is 0.883. The second kappa shape index (κ2) is 8.52. The van der Waals surface area contributed by atoms with E-state index in [0.29, 0.717) is 25.7 Å². The van der Waals surface area contributed by atoms with Crippen molar-refractivity contribution in [3.05, 3.63) is 33.8 Å². The van der Waals surface area contributed by atoms with E-state index in [2.05, 4.69) is 22.2 Å². The van der Waals surface area contributed by atoms with Gasteiger partial charge in [0, 0.05) is 23.1 Å². The van der Waals surface area contributed by atoms with Gasteiger partial charge in [-0.3, -0.25) is 0 Å². The molecule has 3 rings (SSSR count). The standard InChI is InChI=1S/C16H20N4O2S.HI/c1-10-11(2)23-15(19-10)9-18-16(17)20-12-4-5-13-14(8-12)22-7-3-6-21-13;/h4-5,8H,3,6-7,9H2,1-2H3,(H3,17,18,20);1H. The number of fused-ring (bicyclic) bond motifs is 1.